The Balaban J connectivity index is 1.78. The summed E-state index contributed by atoms with van der Waals surface area (Å²) in [5, 5.41) is 17.7. The van der Waals surface area contributed by atoms with Crippen LogP contribution in [-0.4, -0.2) is 24.0 Å². The topological polar surface area (TPSA) is 103 Å². The van der Waals surface area contributed by atoms with E-state index in [-0.39, 0.29) is 17.2 Å². The second-order valence-corrected chi connectivity index (χ2v) is 5.99. The lowest BCUT2D eigenvalue weighted by molar-refractivity contribution is -0.385. The van der Waals surface area contributed by atoms with Crippen molar-refractivity contribution in [3.63, 3.8) is 0 Å². The fourth-order valence-electron chi connectivity index (χ4n) is 2.87. The highest BCUT2D eigenvalue weighted by Crippen LogP contribution is 2.40. The molecule has 1 amide bonds. The van der Waals surface area contributed by atoms with Crippen molar-refractivity contribution in [2.75, 3.05) is 18.5 Å². The lowest BCUT2D eigenvalue weighted by Gasteiger charge is -2.29. The zero-order valence-corrected chi connectivity index (χ0v) is 13.5. The van der Waals surface area contributed by atoms with Gasteiger partial charge in [0.1, 0.15) is 19.4 Å². The summed E-state index contributed by atoms with van der Waals surface area (Å²) in [6.45, 7) is 0.687. The molecule has 128 valence electrons. The van der Waals surface area contributed by atoms with Crippen molar-refractivity contribution >= 4 is 28.9 Å². The number of fused-ring (bicyclic) bond motifs is 2. The maximum atomic E-state index is 12.4. The molecule has 0 unspecified atom stereocenters. The Morgan fingerprint density at radius 2 is 1.84 bits per heavy atom. The van der Waals surface area contributed by atoms with E-state index in [1.54, 1.807) is 12.1 Å². The third-order valence-electron chi connectivity index (χ3n) is 4.00. The largest absolute Gasteiger partial charge is 0.486 e. The normalized spacial score (nSPS) is 18.0. The van der Waals surface area contributed by atoms with Crippen LogP contribution in [0.4, 0.5) is 11.4 Å². The van der Waals surface area contributed by atoms with E-state index in [0.29, 0.717) is 41.0 Å². The predicted octanol–water partition coefficient (Wildman–Crippen LogP) is 2.87. The van der Waals surface area contributed by atoms with Crippen molar-refractivity contribution < 1.29 is 19.2 Å². The molecule has 8 nitrogen and oxygen atoms in total. The van der Waals surface area contributed by atoms with Crippen LogP contribution < -0.4 is 20.1 Å². The minimum atomic E-state index is -0.780. The predicted molar refractivity (Wildman–Crippen MR) is 89.4 cm³/mol. The quantitative estimate of drug-likeness (QED) is 0.629. The van der Waals surface area contributed by atoms with Gasteiger partial charge >= 0.3 is 0 Å². The number of nitrogens with zero attached hydrogens (tertiary/aromatic N) is 1. The van der Waals surface area contributed by atoms with E-state index in [1.807, 2.05) is 0 Å². The summed E-state index contributed by atoms with van der Waals surface area (Å²) in [6.07, 6.45) is -0.780. The number of ether oxygens (including phenoxy) is 2. The molecule has 2 heterocycles. The van der Waals surface area contributed by atoms with Gasteiger partial charge in [-0.3, -0.25) is 14.9 Å². The van der Waals surface area contributed by atoms with E-state index in [0.717, 1.165) is 0 Å². The molecule has 0 aromatic heterocycles. The van der Waals surface area contributed by atoms with Crippen LogP contribution in [0.1, 0.15) is 22.1 Å². The SMILES string of the molecule is O=C1N[C@@H](c2cc3c(cc2[N+](=O)[O-])OCCO3)Nc2ccc(Cl)cc21. The van der Waals surface area contributed by atoms with Gasteiger partial charge in [0.15, 0.2) is 11.5 Å². The van der Waals surface area contributed by atoms with Crippen LogP contribution in [0.2, 0.25) is 5.02 Å². The number of nitro groups is 1. The van der Waals surface area contributed by atoms with Gasteiger partial charge in [-0.25, -0.2) is 0 Å². The molecule has 4 rings (SSSR count). The summed E-state index contributed by atoms with van der Waals surface area (Å²) in [7, 11) is 0. The standard InChI is InChI=1S/C16H12ClN3O5/c17-8-1-2-11-9(5-8)16(21)19-15(18-11)10-6-13-14(25-4-3-24-13)7-12(10)20(22)23/h1-2,5-7,15,18H,3-4H2,(H,19,21)/t15-/m0/s1. The molecule has 2 aliphatic heterocycles. The van der Waals surface area contributed by atoms with Crippen molar-refractivity contribution in [3.05, 3.63) is 56.6 Å². The molecule has 25 heavy (non-hydrogen) atoms. The van der Waals surface area contributed by atoms with Crippen molar-refractivity contribution in [3.8, 4) is 11.5 Å². The van der Waals surface area contributed by atoms with Crippen molar-refractivity contribution in [2.24, 2.45) is 0 Å². The van der Waals surface area contributed by atoms with Crippen LogP contribution in [0.3, 0.4) is 0 Å². The van der Waals surface area contributed by atoms with E-state index >= 15 is 0 Å². The number of rotatable bonds is 2. The van der Waals surface area contributed by atoms with Crippen LogP contribution in [0.15, 0.2) is 30.3 Å². The van der Waals surface area contributed by atoms with Gasteiger partial charge in [0.25, 0.3) is 11.6 Å². The fraction of sp³-hybridized carbons (Fsp3) is 0.188. The molecular weight excluding hydrogens is 350 g/mol. The van der Waals surface area contributed by atoms with Crippen LogP contribution in [0, 0.1) is 10.1 Å². The van der Waals surface area contributed by atoms with E-state index in [4.69, 9.17) is 21.1 Å². The van der Waals surface area contributed by atoms with Crippen LogP contribution >= 0.6 is 11.6 Å². The van der Waals surface area contributed by atoms with E-state index in [1.165, 1.54) is 18.2 Å². The molecule has 0 saturated carbocycles. The summed E-state index contributed by atoms with van der Waals surface area (Å²) in [4.78, 5) is 23.3. The molecule has 0 fully saturated rings. The fourth-order valence-corrected chi connectivity index (χ4v) is 3.04. The van der Waals surface area contributed by atoms with Crippen LogP contribution in [-0.2, 0) is 0 Å². The monoisotopic (exact) mass is 361 g/mol. The van der Waals surface area contributed by atoms with E-state index in [2.05, 4.69) is 10.6 Å². The average molecular weight is 362 g/mol. The second-order valence-electron chi connectivity index (χ2n) is 5.55. The van der Waals surface area contributed by atoms with Gasteiger partial charge in [-0.2, -0.15) is 0 Å². The smallest absolute Gasteiger partial charge is 0.280 e. The Bertz CT molecular complexity index is 902. The zero-order valence-electron chi connectivity index (χ0n) is 12.7. The van der Waals surface area contributed by atoms with Crippen molar-refractivity contribution in [2.45, 2.75) is 6.17 Å². The third kappa shape index (κ3) is 2.70. The molecule has 0 bridgehead atoms. The molecule has 0 saturated heterocycles. The van der Waals surface area contributed by atoms with Crippen LogP contribution in [0.5, 0.6) is 11.5 Å². The summed E-state index contributed by atoms with van der Waals surface area (Å²) in [5.41, 5.74) is 1.04. The lowest BCUT2D eigenvalue weighted by atomic mass is 10.0. The summed E-state index contributed by atoms with van der Waals surface area (Å²) >= 11 is 5.91. The van der Waals surface area contributed by atoms with E-state index in [9.17, 15) is 14.9 Å². The molecule has 2 aromatic carbocycles. The third-order valence-corrected chi connectivity index (χ3v) is 4.24. The molecule has 9 heteroatoms. The molecule has 0 radical (unpaired) electrons. The number of amides is 1. The number of anilines is 1. The Kier molecular flexibility index (Phi) is 3.61. The van der Waals surface area contributed by atoms with Gasteiger partial charge in [0.2, 0.25) is 0 Å². The second kappa shape index (κ2) is 5.82. The molecule has 2 aromatic rings. The summed E-state index contributed by atoms with van der Waals surface area (Å²) in [6, 6.07) is 7.67. The van der Waals surface area contributed by atoms with E-state index < -0.39 is 11.1 Å². The Morgan fingerprint density at radius 1 is 1.12 bits per heavy atom. The number of nitro benzene ring substituents is 1. The molecule has 0 spiro atoms. The van der Waals surface area contributed by atoms with Gasteiger partial charge in [-0.05, 0) is 24.3 Å². The Hall–Kier alpha value is -3.00. The highest BCUT2D eigenvalue weighted by Gasteiger charge is 2.32. The summed E-state index contributed by atoms with van der Waals surface area (Å²) in [5.74, 6) is 0.353. The molecule has 0 aliphatic carbocycles. The average Bonchev–Trinajstić information content (AvgIpc) is 2.61. The number of hydrogen-bond donors (Lipinski definition) is 2. The number of halogens is 1. The maximum Gasteiger partial charge on any atom is 0.280 e. The minimum Gasteiger partial charge on any atom is -0.486 e. The number of benzene rings is 2. The number of carbonyl (C=O) groups is 1. The molecule has 2 aliphatic rings. The molecule has 2 N–H and O–H groups in total. The molecular formula is C16H12ClN3O5. The van der Waals surface area contributed by atoms with Gasteiger partial charge in [0.05, 0.1) is 22.1 Å². The number of nitrogens with one attached hydrogen (secondary N) is 2. The van der Waals surface area contributed by atoms with Gasteiger partial charge in [-0.15, -0.1) is 0 Å². The number of hydrogen-bond acceptors (Lipinski definition) is 6. The van der Waals surface area contributed by atoms with Crippen LogP contribution in [0.25, 0.3) is 0 Å². The van der Waals surface area contributed by atoms with Crippen molar-refractivity contribution in [1.29, 1.82) is 0 Å². The van der Waals surface area contributed by atoms with Gasteiger partial charge in [-0.1, -0.05) is 11.6 Å². The first kappa shape index (κ1) is 15.5. The summed E-state index contributed by atoms with van der Waals surface area (Å²) < 4.78 is 10.9. The first-order valence-electron chi connectivity index (χ1n) is 7.48. The van der Waals surface area contributed by atoms with Crippen molar-refractivity contribution in [1.82, 2.24) is 5.32 Å². The van der Waals surface area contributed by atoms with Gasteiger partial charge in [0, 0.05) is 10.7 Å². The lowest BCUT2D eigenvalue weighted by Crippen LogP contribution is -2.38. The Morgan fingerprint density at radius 3 is 2.56 bits per heavy atom. The first-order valence-corrected chi connectivity index (χ1v) is 7.85. The zero-order chi connectivity index (χ0) is 17.6. The molecule has 1 atom stereocenters. The maximum absolute atomic E-state index is 12.4. The number of carbonyl (C=O) groups excluding carboxylic acids is 1. The highest BCUT2D eigenvalue weighted by atomic mass is 35.5. The van der Waals surface area contributed by atoms with Gasteiger partial charge < -0.3 is 20.1 Å². The highest BCUT2D eigenvalue weighted by molar-refractivity contribution is 6.31. The Labute approximate surface area is 146 Å². The first-order chi connectivity index (χ1) is 12.0. The minimum absolute atomic E-state index is 0.167.